The Bertz CT molecular complexity index is 862. The summed E-state index contributed by atoms with van der Waals surface area (Å²) in [5.74, 6) is 0.320. The normalized spacial score (nSPS) is 21.3. The third kappa shape index (κ3) is 4.55. The molecule has 1 saturated carbocycles. The minimum atomic E-state index is 0.320. The van der Waals surface area contributed by atoms with E-state index >= 15 is 0 Å². The molecule has 154 valence electrons. The largest absolute Gasteiger partial charge is 0.312 e. The highest BCUT2D eigenvalue weighted by atomic mass is 32.1. The minimum absolute atomic E-state index is 0.320. The van der Waals surface area contributed by atoms with Crippen molar-refractivity contribution in [1.29, 1.82) is 0 Å². The van der Waals surface area contributed by atoms with Gasteiger partial charge in [0.2, 0.25) is 5.91 Å². The fourth-order valence-corrected chi connectivity index (χ4v) is 5.53. The van der Waals surface area contributed by atoms with Gasteiger partial charge in [-0.2, -0.15) is 0 Å². The van der Waals surface area contributed by atoms with Crippen LogP contribution in [0.5, 0.6) is 0 Å². The van der Waals surface area contributed by atoms with E-state index in [1.807, 2.05) is 0 Å². The first kappa shape index (κ1) is 19.2. The lowest BCUT2D eigenvalue weighted by molar-refractivity contribution is -0.131. The number of thiazole rings is 1. The Hall–Kier alpha value is -1.76. The molecule has 1 aromatic heterocycles. The van der Waals surface area contributed by atoms with Crippen molar-refractivity contribution in [2.75, 3.05) is 32.7 Å². The molecule has 2 heterocycles. The first-order valence-electron chi connectivity index (χ1n) is 11.1. The molecule has 5 rings (SSSR count). The number of amides is 1. The molecule has 5 nitrogen and oxygen atoms in total. The molecule has 0 radical (unpaired) electrons. The zero-order chi connectivity index (χ0) is 19.6. The van der Waals surface area contributed by atoms with E-state index in [-0.39, 0.29) is 0 Å². The number of hydrogen-bond acceptors (Lipinski definition) is 5. The van der Waals surface area contributed by atoms with Crippen molar-refractivity contribution in [2.24, 2.45) is 0 Å². The van der Waals surface area contributed by atoms with Crippen LogP contribution in [-0.2, 0) is 11.3 Å². The molecule has 2 aromatic rings. The van der Waals surface area contributed by atoms with Crippen LogP contribution < -0.4 is 0 Å². The number of nitrogens with zero attached hydrogens (tertiary/aromatic N) is 4. The van der Waals surface area contributed by atoms with Gasteiger partial charge >= 0.3 is 0 Å². The Balaban J connectivity index is 1.14. The summed E-state index contributed by atoms with van der Waals surface area (Å²) >= 11 is 1.80. The molecule has 0 bridgehead atoms. The monoisotopic (exact) mass is 410 g/mol. The van der Waals surface area contributed by atoms with Gasteiger partial charge in [0.15, 0.2) is 0 Å². The fraction of sp³-hybridized carbons (Fsp3) is 0.565. The van der Waals surface area contributed by atoms with Gasteiger partial charge in [-0.15, -0.1) is 11.3 Å². The van der Waals surface area contributed by atoms with Crippen molar-refractivity contribution in [2.45, 2.75) is 51.1 Å². The van der Waals surface area contributed by atoms with E-state index in [0.29, 0.717) is 18.5 Å². The van der Waals surface area contributed by atoms with E-state index in [1.54, 1.807) is 11.3 Å². The summed E-state index contributed by atoms with van der Waals surface area (Å²) in [4.78, 5) is 24.8. The van der Waals surface area contributed by atoms with E-state index in [2.05, 4.69) is 45.0 Å². The predicted molar refractivity (Wildman–Crippen MR) is 118 cm³/mol. The summed E-state index contributed by atoms with van der Waals surface area (Å²) in [5.41, 5.74) is 2.41. The van der Waals surface area contributed by atoms with Gasteiger partial charge in [0.25, 0.3) is 0 Å². The minimum Gasteiger partial charge on any atom is -0.312 e. The quantitative estimate of drug-likeness (QED) is 0.725. The number of hydrogen-bond donors (Lipinski definition) is 0. The van der Waals surface area contributed by atoms with Crippen LogP contribution in [0.25, 0.3) is 10.2 Å². The molecule has 1 aliphatic heterocycles. The highest BCUT2D eigenvalue weighted by Gasteiger charge is 2.35. The third-order valence-electron chi connectivity index (χ3n) is 6.28. The number of para-hydroxylation sites is 1. The van der Waals surface area contributed by atoms with Gasteiger partial charge in [0.05, 0.1) is 23.3 Å². The van der Waals surface area contributed by atoms with Crippen LogP contribution in [0.15, 0.2) is 36.0 Å². The number of allylic oxidation sites excluding steroid dienone is 2. The summed E-state index contributed by atoms with van der Waals surface area (Å²) in [6, 6.07) is 8.84. The van der Waals surface area contributed by atoms with Crippen LogP contribution in [-0.4, -0.2) is 64.4 Å². The van der Waals surface area contributed by atoms with Crippen LogP contribution >= 0.6 is 11.3 Å². The van der Waals surface area contributed by atoms with E-state index in [9.17, 15) is 4.79 Å². The second kappa shape index (κ2) is 8.54. The average Bonchev–Trinajstić information content (AvgIpc) is 3.48. The number of aromatic nitrogens is 1. The number of carbonyl (C=O) groups is 1. The summed E-state index contributed by atoms with van der Waals surface area (Å²) in [6.07, 6.45) is 9.39. The van der Waals surface area contributed by atoms with Crippen molar-refractivity contribution in [3.63, 3.8) is 0 Å². The van der Waals surface area contributed by atoms with E-state index in [0.717, 1.165) is 51.1 Å². The van der Waals surface area contributed by atoms with Crippen molar-refractivity contribution in [3.8, 4) is 0 Å². The Kier molecular flexibility index (Phi) is 5.66. The fourth-order valence-electron chi connectivity index (χ4n) is 4.52. The number of benzene rings is 1. The van der Waals surface area contributed by atoms with Crippen molar-refractivity contribution in [1.82, 2.24) is 19.7 Å². The van der Waals surface area contributed by atoms with E-state index < -0.39 is 0 Å². The lowest BCUT2D eigenvalue weighted by atomic mass is 10.0. The predicted octanol–water partition coefficient (Wildman–Crippen LogP) is 3.86. The highest BCUT2D eigenvalue weighted by molar-refractivity contribution is 7.18. The third-order valence-corrected chi connectivity index (χ3v) is 7.30. The molecular formula is C23H30N4OS. The van der Waals surface area contributed by atoms with Crippen LogP contribution in [0.3, 0.4) is 0 Å². The number of fused-ring (bicyclic) bond motifs is 1. The van der Waals surface area contributed by atoms with Crippen LogP contribution in [0.4, 0.5) is 0 Å². The maximum Gasteiger partial charge on any atom is 0.241 e. The molecule has 0 unspecified atom stereocenters. The molecule has 3 aliphatic rings. The molecule has 29 heavy (non-hydrogen) atoms. The zero-order valence-electron chi connectivity index (χ0n) is 17.1. The molecule has 2 fully saturated rings. The van der Waals surface area contributed by atoms with Crippen LogP contribution in [0.2, 0.25) is 0 Å². The second-order valence-electron chi connectivity index (χ2n) is 8.56. The second-order valence-corrected chi connectivity index (χ2v) is 9.68. The molecule has 0 N–H and O–H groups in total. The van der Waals surface area contributed by atoms with Gasteiger partial charge < -0.3 is 4.90 Å². The average molecular weight is 411 g/mol. The first-order valence-corrected chi connectivity index (χ1v) is 11.9. The summed E-state index contributed by atoms with van der Waals surface area (Å²) in [7, 11) is 0. The number of carbonyl (C=O) groups excluding carboxylic acids is 1. The van der Waals surface area contributed by atoms with Gasteiger partial charge in [0, 0.05) is 37.9 Å². The van der Waals surface area contributed by atoms with Crippen LogP contribution in [0.1, 0.15) is 43.5 Å². The van der Waals surface area contributed by atoms with E-state index in [1.165, 1.54) is 41.1 Å². The van der Waals surface area contributed by atoms with Crippen molar-refractivity contribution >= 4 is 27.5 Å². The molecule has 1 amide bonds. The molecule has 0 spiro atoms. The molecule has 0 atom stereocenters. The van der Waals surface area contributed by atoms with Crippen molar-refractivity contribution < 1.29 is 4.79 Å². The summed E-state index contributed by atoms with van der Waals surface area (Å²) in [5, 5.41) is 1.19. The van der Waals surface area contributed by atoms with Gasteiger partial charge in [-0.05, 0) is 50.7 Å². The Morgan fingerprint density at radius 2 is 1.90 bits per heavy atom. The van der Waals surface area contributed by atoms with Crippen molar-refractivity contribution in [3.05, 3.63) is 41.0 Å². The molecule has 1 aromatic carbocycles. The maximum absolute atomic E-state index is 13.1. The lowest BCUT2D eigenvalue weighted by Crippen LogP contribution is -2.50. The summed E-state index contributed by atoms with van der Waals surface area (Å²) < 4.78 is 1.27. The van der Waals surface area contributed by atoms with E-state index in [4.69, 9.17) is 4.98 Å². The smallest absolute Gasteiger partial charge is 0.241 e. The van der Waals surface area contributed by atoms with Gasteiger partial charge in [0.1, 0.15) is 5.01 Å². The standard InChI is InChI=1S/C23H30N4OS/c28-23(27(19-10-11-19)18-6-2-1-3-7-18)17-26-14-12-25(13-15-26)16-22-24-20-8-4-5-9-21(20)29-22/h4-6,8-9,19H,1-3,7,10-17H2. The molecule has 6 heteroatoms. The maximum atomic E-state index is 13.1. The zero-order valence-corrected chi connectivity index (χ0v) is 17.9. The molecule has 2 aliphatic carbocycles. The topological polar surface area (TPSA) is 39.7 Å². The SMILES string of the molecule is O=C(CN1CCN(Cc2nc3ccccc3s2)CC1)N(C1=CCCCC1)C1CC1. The van der Waals surface area contributed by atoms with Gasteiger partial charge in [-0.25, -0.2) is 4.98 Å². The molecule has 1 saturated heterocycles. The van der Waals surface area contributed by atoms with Gasteiger partial charge in [-0.3, -0.25) is 14.6 Å². The Labute approximate surface area is 177 Å². The Morgan fingerprint density at radius 3 is 2.62 bits per heavy atom. The number of piperazine rings is 1. The molecular weight excluding hydrogens is 380 g/mol. The van der Waals surface area contributed by atoms with Gasteiger partial charge in [-0.1, -0.05) is 18.2 Å². The summed E-state index contributed by atoms with van der Waals surface area (Å²) in [6.45, 7) is 5.44. The first-order chi connectivity index (χ1) is 14.3. The highest BCUT2D eigenvalue weighted by Crippen LogP contribution is 2.34. The lowest BCUT2D eigenvalue weighted by Gasteiger charge is -2.35. The number of rotatable bonds is 6. The Morgan fingerprint density at radius 1 is 1.10 bits per heavy atom. The van der Waals surface area contributed by atoms with Crippen LogP contribution in [0, 0.1) is 0 Å².